The lowest BCUT2D eigenvalue weighted by Gasteiger charge is -2.51. The third kappa shape index (κ3) is 13.6. The van der Waals surface area contributed by atoms with E-state index >= 15 is 0 Å². The summed E-state index contributed by atoms with van der Waals surface area (Å²) in [5, 5.41) is 24.0. The number of rotatable bonds is 23. The zero-order valence-corrected chi connectivity index (χ0v) is 42.0. The van der Waals surface area contributed by atoms with Crippen LogP contribution in [-0.2, 0) is 69.1 Å². The molecule has 0 aromatic heterocycles. The van der Waals surface area contributed by atoms with Crippen molar-refractivity contribution in [1.82, 2.24) is 0 Å². The maximum Gasteiger partial charge on any atom is 0.269 e. The number of aliphatic hydroxyl groups excluding tert-OH is 1. The van der Waals surface area contributed by atoms with Gasteiger partial charge in [-0.15, -0.1) is 0 Å². The van der Waals surface area contributed by atoms with Gasteiger partial charge in [-0.1, -0.05) is 78.9 Å². The van der Waals surface area contributed by atoms with E-state index in [1.807, 2.05) is 127 Å². The molecule has 0 bridgehead atoms. The highest BCUT2D eigenvalue weighted by Crippen LogP contribution is 2.40. The maximum absolute atomic E-state index is 12.5. The summed E-state index contributed by atoms with van der Waals surface area (Å²) in [7, 11) is 6.42. The van der Waals surface area contributed by atoms with Crippen molar-refractivity contribution in [1.29, 1.82) is 0 Å². The molecule has 3 saturated heterocycles. The molecule has 3 fully saturated rings. The van der Waals surface area contributed by atoms with E-state index in [-0.39, 0.29) is 51.1 Å². The highest BCUT2D eigenvalue weighted by molar-refractivity contribution is 5.36. The Morgan fingerprint density at radius 3 is 1.52 bits per heavy atom. The van der Waals surface area contributed by atoms with Crippen molar-refractivity contribution in [2.45, 2.75) is 94.1 Å². The Hall–Kier alpha value is -6.68. The van der Waals surface area contributed by atoms with Crippen LogP contribution in [0.25, 0.3) is 0 Å². The molecule has 18 nitrogen and oxygen atoms in total. The number of non-ortho nitro benzene ring substituents is 1. The minimum Gasteiger partial charge on any atom is -0.497 e. The van der Waals surface area contributed by atoms with Crippen LogP contribution in [0.4, 0.5) is 5.69 Å². The van der Waals surface area contributed by atoms with Crippen LogP contribution in [0.15, 0.2) is 152 Å². The molecule has 396 valence electrons. The lowest BCUT2D eigenvalue weighted by atomic mass is 9.95. The van der Waals surface area contributed by atoms with Gasteiger partial charge in [-0.3, -0.25) is 10.1 Å². The summed E-state index contributed by atoms with van der Waals surface area (Å²) in [5.41, 5.74) is 4.00. The SMILES string of the molecule is COc1ccc(COC[C@H]2O[C@H](O[C@@H]3[C@@H](O)[C@@H](Oc4ccc([N+](=O)[O-])cc4)O[C@@H]4CO[C@@H](c5ccccc5)O[C@@H]34)[C@H](OCc3ccc(OC)cc3)[C@@H](OCc3ccc(OC)cc3)[C@@H]2OCc2ccc(OC)cc2)cc1. The molecule has 0 amide bonds. The zero-order chi connectivity index (χ0) is 52.1. The molecule has 0 saturated carbocycles. The van der Waals surface area contributed by atoms with E-state index in [4.69, 9.17) is 66.3 Å². The largest absolute Gasteiger partial charge is 0.497 e. The van der Waals surface area contributed by atoms with Crippen LogP contribution in [0.1, 0.15) is 34.1 Å². The topological polar surface area (TPSA) is 193 Å². The van der Waals surface area contributed by atoms with E-state index in [2.05, 4.69) is 0 Å². The minimum atomic E-state index is -1.55. The quantitative estimate of drug-likeness (QED) is 0.0476. The van der Waals surface area contributed by atoms with Crippen molar-refractivity contribution in [3.8, 4) is 28.7 Å². The molecule has 3 aliphatic heterocycles. The standard InChI is InChI=1S/C57H61NO17/c1-62-42-20-10-36(11-21-42)30-66-34-47-50(67-31-37-12-22-43(63-2)23-13-37)53(68-32-38-14-24-44(64-3)25-15-38)54(69-33-39-16-26-45(65-4)27-17-39)57(73-47)75-52-49(59)56(71-46-28-18-41(19-29-46)58(60)61)72-48-35-70-55(74-51(48)52)40-8-6-5-7-9-40/h5-29,47-57,59H,30-35H2,1-4H3/t47-,48-,49-,50-,51-,52-,53+,54-,55-,56+,57-/m1/s1. The number of hydrogen-bond acceptors (Lipinski definition) is 17. The molecular weight excluding hydrogens is 971 g/mol. The van der Waals surface area contributed by atoms with Gasteiger partial charge in [0.1, 0.15) is 77.6 Å². The van der Waals surface area contributed by atoms with E-state index in [1.54, 1.807) is 28.4 Å². The number of nitro benzene ring substituents is 1. The van der Waals surface area contributed by atoms with Gasteiger partial charge >= 0.3 is 0 Å². The van der Waals surface area contributed by atoms with Crippen molar-refractivity contribution in [2.75, 3.05) is 41.7 Å². The van der Waals surface area contributed by atoms with Gasteiger partial charge in [-0.2, -0.15) is 0 Å². The minimum absolute atomic E-state index is 0.00144. The van der Waals surface area contributed by atoms with Gasteiger partial charge in [0.2, 0.25) is 6.29 Å². The van der Waals surface area contributed by atoms with Crippen LogP contribution in [0, 0.1) is 10.1 Å². The molecule has 9 rings (SSSR count). The van der Waals surface area contributed by atoms with Gasteiger partial charge in [0.15, 0.2) is 12.6 Å². The molecule has 11 atom stereocenters. The Balaban J connectivity index is 1.10. The van der Waals surface area contributed by atoms with Gasteiger partial charge in [-0.05, 0) is 82.9 Å². The van der Waals surface area contributed by atoms with Crippen LogP contribution >= 0.6 is 0 Å². The number of fused-ring (bicyclic) bond motifs is 1. The number of hydrogen-bond donors (Lipinski definition) is 1. The lowest BCUT2D eigenvalue weighted by Crippen LogP contribution is -2.67. The molecule has 75 heavy (non-hydrogen) atoms. The summed E-state index contributed by atoms with van der Waals surface area (Å²) in [6.45, 7) is 0.566. The van der Waals surface area contributed by atoms with Crippen molar-refractivity contribution in [3.63, 3.8) is 0 Å². The number of methoxy groups -OCH3 is 4. The molecular formula is C57H61NO17. The van der Waals surface area contributed by atoms with Crippen molar-refractivity contribution >= 4 is 5.69 Å². The summed E-state index contributed by atoms with van der Waals surface area (Å²) in [4.78, 5) is 11.0. The molecule has 18 heteroatoms. The molecule has 6 aromatic carbocycles. The van der Waals surface area contributed by atoms with E-state index in [0.29, 0.717) is 23.0 Å². The molecule has 0 spiro atoms. The second-order valence-corrected chi connectivity index (χ2v) is 18.0. The average molecular weight is 1030 g/mol. The van der Waals surface area contributed by atoms with Crippen LogP contribution in [0.2, 0.25) is 0 Å². The summed E-state index contributed by atoms with van der Waals surface area (Å²) >= 11 is 0. The summed E-state index contributed by atoms with van der Waals surface area (Å²) in [6, 6.07) is 45.0. The van der Waals surface area contributed by atoms with Crippen molar-refractivity contribution in [2.24, 2.45) is 0 Å². The van der Waals surface area contributed by atoms with E-state index in [9.17, 15) is 15.2 Å². The first-order chi connectivity index (χ1) is 36.7. The first-order valence-electron chi connectivity index (χ1n) is 24.5. The third-order valence-electron chi connectivity index (χ3n) is 13.1. The monoisotopic (exact) mass is 1030 g/mol. The normalized spacial score (nSPS) is 25.4. The van der Waals surface area contributed by atoms with Crippen LogP contribution in [0.5, 0.6) is 28.7 Å². The third-order valence-corrected chi connectivity index (χ3v) is 13.1. The Labute approximate surface area is 434 Å². The Morgan fingerprint density at radius 1 is 0.533 bits per heavy atom. The van der Waals surface area contributed by atoms with Crippen molar-refractivity contribution < 1.29 is 76.3 Å². The highest BCUT2D eigenvalue weighted by atomic mass is 16.8. The Kier molecular flexibility index (Phi) is 18.2. The molecule has 3 aliphatic rings. The highest BCUT2D eigenvalue weighted by Gasteiger charge is 2.56. The van der Waals surface area contributed by atoms with Crippen molar-refractivity contribution in [3.05, 3.63) is 190 Å². The van der Waals surface area contributed by atoms with E-state index in [0.717, 1.165) is 27.8 Å². The number of benzene rings is 6. The van der Waals surface area contributed by atoms with Crippen LogP contribution in [-0.4, -0.2) is 113 Å². The molecule has 3 heterocycles. The van der Waals surface area contributed by atoms with Crippen LogP contribution < -0.4 is 23.7 Å². The predicted molar refractivity (Wildman–Crippen MR) is 269 cm³/mol. The molecule has 0 radical (unpaired) electrons. The predicted octanol–water partition coefficient (Wildman–Crippen LogP) is 8.29. The zero-order valence-electron chi connectivity index (χ0n) is 42.0. The fourth-order valence-electron chi connectivity index (χ4n) is 8.98. The molecule has 0 aliphatic carbocycles. The average Bonchev–Trinajstić information content (AvgIpc) is 3.45. The number of nitro groups is 1. The van der Waals surface area contributed by atoms with Gasteiger partial charge in [0.05, 0.1) is 73.0 Å². The molecule has 6 aromatic rings. The first-order valence-corrected chi connectivity index (χ1v) is 24.5. The summed E-state index contributed by atoms with van der Waals surface area (Å²) in [5.74, 6) is 2.96. The van der Waals surface area contributed by atoms with E-state index in [1.165, 1.54) is 24.3 Å². The molecule has 0 unspecified atom stereocenters. The Bertz CT molecular complexity index is 2680. The fourth-order valence-corrected chi connectivity index (χ4v) is 8.98. The smallest absolute Gasteiger partial charge is 0.269 e. The molecule has 1 N–H and O–H groups in total. The second-order valence-electron chi connectivity index (χ2n) is 18.0. The van der Waals surface area contributed by atoms with E-state index < -0.39 is 72.6 Å². The first kappa shape index (κ1) is 53.2. The maximum atomic E-state index is 12.5. The van der Waals surface area contributed by atoms with Gasteiger partial charge in [0.25, 0.3) is 5.69 Å². The van der Waals surface area contributed by atoms with Gasteiger partial charge in [0, 0.05) is 17.7 Å². The Morgan fingerprint density at radius 2 is 1.01 bits per heavy atom. The van der Waals surface area contributed by atoms with Gasteiger partial charge < -0.3 is 71.4 Å². The van der Waals surface area contributed by atoms with Gasteiger partial charge in [-0.25, -0.2) is 0 Å². The second kappa shape index (κ2) is 25.7. The number of nitrogens with zero attached hydrogens (tertiary/aromatic N) is 1. The lowest BCUT2D eigenvalue weighted by molar-refractivity contribution is -0.391. The number of ether oxygens (including phenoxy) is 14. The fraction of sp³-hybridized carbons (Fsp3) is 0.368. The number of aliphatic hydroxyl groups is 1. The summed E-state index contributed by atoms with van der Waals surface area (Å²) < 4.78 is 88.9. The van der Waals surface area contributed by atoms with Crippen LogP contribution in [0.3, 0.4) is 0 Å². The summed E-state index contributed by atoms with van der Waals surface area (Å²) in [6.07, 6.45) is -11.8.